The first-order valence-corrected chi connectivity index (χ1v) is 7.11. The second-order valence-corrected chi connectivity index (χ2v) is 5.69. The van der Waals surface area contributed by atoms with Crippen molar-refractivity contribution >= 4 is 17.6 Å². The highest BCUT2D eigenvalue weighted by Crippen LogP contribution is 2.38. The SMILES string of the molecule is COCCOC(=O)CN1C(=O)C(C)(C)Oc2ccc(C)cc21. The van der Waals surface area contributed by atoms with Crippen LogP contribution < -0.4 is 9.64 Å². The normalized spacial score (nSPS) is 16.0. The molecule has 22 heavy (non-hydrogen) atoms. The lowest BCUT2D eigenvalue weighted by Crippen LogP contribution is -2.54. The summed E-state index contributed by atoms with van der Waals surface area (Å²) in [5, 5.41) is 0. The molecule has 0 saturated carbocycles. The van der Waals surface area contributed by atoms with Crippen LogP contribution in [0.4, 0.5) is 5.69 Å². The minimum atomic E-state index is -1.02. The number of carbonyl (C=O) groups excluding carboxylic acids is 2. The Morgan fingerprint density at radius 1 is 1.32 bits per heavy atom. The number of benzene rings is 1. The van der Waals surface area contributed by atoms with E-state index in [0.717, 1.165) is 5.56 Å². The Labute approximate surface area is 129 Å². The maximum Gasteiger partial charge on any atom is 0.326 e. The summed E-state index contributed by atoms with van der Waals surface area (Å²) in [6.45, 7) is 5.62. The van der Waals surface area contributed by atoms with Crippen LogP contribution in [0.15, 0.2) is 18.2 Å². The molecule has 1 heterocycles. The molecule has 0 saturated heterocycles. The maximum atomic E-state index is 12.6. The van der Waals surface area contributed by atoms with Crippen molar-refractivity contribution in [2.24, 2.45) is 0 Å². The molecule has 0 bridgehead atoms. The van der Waals surface area contributed by atoms with E-state index in [1.807, 2.05) is 25.1 Å². The van der Waals surface area contributed by atoms with E-state index in [9.17, 15) is 9.59 Å². The third-order valence-electron chi connectivity index (χ3n) is 3.37. The first kappa shape index (κ1) is 16.3. The number of nitrogens with zero attached hydrogens (tertiary/aromatic N) is 1. The number of anilines is 1. The molecule has 1 aromatic carbocycles. The van der Waals surface area contributed by atoms with Gasteiger partial charge >= 0.3 is 5.97 Å². The number of amides is 1. The van der Waals surface area contributed by atoms with Crippen LogP contribution >= 0.6 is 0 Å². The molecule has 0 N–H and O–H groups in total. The van der Waals surface area contributed by atoms with Gasteiger partial charge in [-0.15, -0.1) is 0 Å². The Bertz CT molecular complexity index is 582. The van der Waals surface area contributed by atoms with Gasteiger partial charge in [0.25, 0.3) is 5.91 Å². The molecule has 1 amide bonds. The van der Waals surface area contributed by atoms with Crippen LogP contribution in [0, 0.1) is 6.92 Å². The van der Waals surface area contributed by atoms with Gasteiger partial charge in [-0.25, -0.2) is 0 Å². The van der Waals surface area contributed by atoms with Crippen molar-refractivity contribution in [3.63, 3.8) is 0 Å². The van der Waals surface area contributed by atoms with Crippen LogP contribution in [0.2, 0.25) is 0 Å². The van der Waals surface area contributed by atoms with Crippen molar-refractivity contribution in [3.05, 3.63) is 23.8 Å². The summed E-state index contributed by atoms with van der Waals surface area (Å²) in [7, 11) is 1.53. The van der Waals surface area contributed by atoms with E-state index in [1.165, 1.54) is 12.0 Å². The van der Waals surface area contributed by atoms with Crippen molar-refractivity contribution in [1.82, 2.24) is 0 Å². The summed E-state index contributed by atoms with van der Waals surface area (Å²) in [6, 6.07) is 5.53. The summed E-state index contributed by atoms with van der Waals surface area (Å²) in [4.78, 5) is 25.9. The number of carbonyl (C=O) groups is 2. The van der Waals surface area contributed by atoms with Crippen molar-refractivity contribution in [3.8, 4) is 5.75 Å². The molecule has 0 atom stereocenters. The molecule has 0 aliphatic carbocycles. The average Bonchev–Trinajstić information content (AvgIpc) is 2.45. The minimum Gasteiger partial charge on any atom is -0.476 e. The Hall–Kier alpha value is -2.08. The molecule has 0 aromatic heterocycles. The lowest BCUT2D eigenvalue weighted by Gasteiger charge is -2.38. The van der Waals surface area contributed by atoms with Gasteiger partial charge in [0, 0.05) is 7.11 Å². The Balaban J connectivity index is 2.23. The quantitative estimate of drug-likeness (QED) is 0.612. The third-order valence-corrected chi connectivity index (χ3v) is 3.37. The van der Waals surface area contributed by atoms with Crippen LogP contribution in [0.3, 0.4) is 0 Å². The minimum absolute atomic E-state index is 0.147. The van der Waals surface area contributed by atoms with Gasteiger partial charge in [0.2, 0.25) is 0 Å². The molecule has 2 rings (SSSR count). The summed E-state index contributed by atoms with van der Waals surface area (Å²) >= 11 is 0. The van der Waals surface area contributed by atoms with E-state index < -0.39 is 11.6 Å². The molecule has 1 aromatic rings. The molecule has 1 aliphatic rings. The Morgan fingerprint density at radius 2 is 2.05 bits per heavy atom. The highest BCUT2D eigenvalue weighted by Gasteiger charge is 2.41. The topological polar surface area (TPSA) is 65.1 Å². The van der Waals surface area contributed by atoms with Gasteiger partial charge < -0.3 is 14.2 Å². The molecule has 0 unspecified atom stereocenters. The zero-order chi connectivity index (χ0) is 16.3. The van der Waals surface area contributed by atoms with Gasteiger partial charge in [0.1, 0.15) is 18.9 Å². The van der Waals surface area contributed by atoms with E-state index in [1.54, 1.807) is 13.8 Å². The van der Waals surface area contributed by atoms with Crippen molar-refractivity contribution in [2.75, 3.05) is 31.8 Å². The molecule has 0 fully saturated rings. The van der Waals surface area contributed by atoms with Gasteiger partial charge in [-0.05, 0) is 38.5 Å². The van der Waals surface area contributed by atoms with E-state index >= 15 is 0 Å². The smallest absolute Gasteiger partial charge is 0.326 e. The second-order valence-electron chi connectivity index (χ2n) is 5.69. The highest BCUT2D eigenvalue weighted by atomic mass is 16.6. The zero-order valence-corrected chi connectivity index (χ0v) is 13.3. The first-order valence-electron chi connectivity index (χ1n) is 7.11. The summed E-state index contributed by atoms with van der Waals surface area (Å²) in [5.41, 5.74) is 0.551. The highest BCUT2D eigenvalue weighted by molar-refractivity contribution is 6.05. The molecule has 6 heteroatoms. The van der Waals surface area contributed by atoms with Gasteiger partial charge in [-0.3, -0.25) is 14.5 Å². The van der Waals surface area contributed by atoms with E-state index in [4.69, 9.17) is 14.2 Å². The lowest BCUT2D eigenvalue weighted by atomic mass is 10.0. The van der Waals surface area contributed by atoms with Crippen LogP contribution in [0.5, 0.6) is 5.75 Å². The van der Waals surface area contributed by atoms with Gasteiger partial charge in [0.15, 0.2) is 5.60 Å². The van der Waals surface area contributed by atoms with E-state index in [0.29, 0.717) is 18.0 Å². The Morgan fingerprint density at radius 3 is 2.73 bits per heavy atom. The number of ether oxygens (including phenoxy) is 3. The molecule has 0 radical (unpaired) electrons. The number of fused-ring (bicyclic) bond motifs is 1. The number of aryl methyl sites for hydroxylation is 1. The molecular weight excluding hydrogens is 286 g/mol. The summed E-state index contributed by atoms with van der Waals surface area (Å²) in [5.74, 6) is -0.162. The zero-order valence-electron chi connectivity index (χ0n) is 13.3. The molecular formula is C16H21NO5. The average molecular weight is 307 g/mol. The number of esters is 1. The van der Waals surface area contributed by atoms with Crippen molar-refractivity contribution in [1.29, 1.82) is 0 Å². The molecule has 0 spiro atoms. The summed E-state index contributed by atoms with van der Waals surface area (Å²) in [6.07, 6.45) is 0. The maximum absolute atomic E-state index is 12.6. The fourth-order valence-electron chi connectivity index (χ4n) is 2.25. The number of hydrogen-bond acceptors (Lipinski definition) is 5. The van der Waals surface area contributed by atoms with Gasteiger partial charge in [-0.2, -0.15) is 0 Å². The predicted molar refractivity (Wildman–Crippen MR) is 81.1 cm³/mol. The van der Waals surface area contributed by atoms with Gasteiger partial charge in [0.05, 0.1) is 12.3 Å². The largest absolute Gasteiger partial charge is 0.476 e. The number of methoxy groups -OCH3 is 1. The van der Waals surface area contributed by atoms with E-state index in [-0.39, 0.29) is 19.1 Å². The first-order chi connectivity index (χ1) is 10.3. The fraction of sp³-hybridized carbons (Fsp3) is 0.500. The number of hydrogen-bond donors (Lipinski definition) is 0. The molecule has 6 nitrogen and oxygen atoms in total. The predicted octanol–water partition coefficient (Wildman–Crippen LogP) is 1.69. The van der Waals surface area contributed by atoms with Crippen LogP contribution in [0.25, 0.3) is 0 Å². The van der Waals surface area contributed by atoms with Crippen LogP contribution in [0.1, 0.15) is 19.4 Å². The standard InChI is InChI=1S/C16H21NO5/c1-11-5-6-13-12(9-11)17(15(19)16(2,3)22-13)10-14(18)21-8-7-20-4/h5-6,9H,7-8,10H2,1-4H3. The van der Waals surface area contributed by atoms with E-state index in [2.05, 4.69) is 0 Å². The molecule has 1 aliphatic heterocycles. The summed E-state index contributed by atoms with van der Waals surface area (Å²) < 4.78 is 15.6. The molecule has 120 valence electrons. The van der Waals surface area contributed by atoms with Crippen molar-refractivity contribution in [2.45, 2.75) is 26.4 Å². The third kappa shape index (κ3) is 3.39. The van der Waals surface area contributed by atoms with Crippen molar-refractivity contribution < 1.29 is 23.8 Å². The van der Waals surface area contributed by atoms with Crippen LogP contribution in [-0.4, -0.2) is 44.3 Å². The number of rotatable bonds is 5. The monoisotopic (exact) mass is 307 g/mol. The van der Waals surface area contributed by atoms with Crippen LogP contribution in [-0.2, 0) is 19.1 Å². The lowest BCUT2D eigenvalue weighted by molar-refractivity contribution is -0.145. The van der Waals surface area contributed by atoms with Gasteiger partial charge in [-0.1, -0.05) is 6.07 Å². The fourth-order valence-corrected chi connectivity index (χ4v) is 2.25. The second kappa shape index (κ2) is 6.36. The Kier molecular flexibility index (Phi) is 4.71.